The first-order valence-corrected chi connectivity index (χ1v) is 4.89. The molecule has 0 radical (unpaired) electrons. The Morgan fingerprint density at radius 3 is 2.73 bits per heavy atom. The molecule has 1 aromatic rings. The normalized spacial score (nSPS) is 12.6. The summed E-state index contributed by atoms with van der Waals surface area (Å²) in [7, 11) is 0. The van der Waals surface area contributed by atoms with Crippen molar-refractivity contribution in [3.63, 3.8) is 0 Å². The number of ether oxygens (including phenoxy) is 1. The van der Waals surface area contributed by atoms with Crippen LogP contribution in [0.2, 0.25) is 0 Å². The molecule has 0 aromatic heterocycles. The lowest BCUT2D eigenvalue weighted by Gasteiger charge is -2.16. The van der Waals surface area contributed by atoms with Gasteiger partial charge in [0.25, 0.3) is 0 Å². The van der Waals surface area contributed by atoms with Crippen molar-refractivity contribution in [2.45, 2.75) is 19.9 Å². The number of benzene rings is 1. The van der Waals surface area contributed by atoms with E-state index in [0.717, 1.165) is 5.56 Å². The van der Waals surface area contributed by atoms with Crippen molar-refractivity contribution in [1.29, 1.82) is 0 Å². The zero-order valence-corrected chi connectivity index (χ0v) is 8.96. The molecule has 0 bridgehead atoms. The van der Waals surface area contributed by atoms with Gasteiger partial charge in [-0.25, -0.2) is 4.39 Å². The molecular formula is C11H16FNO2. The van der Waals surface area contributed by atoms with Gasteiger partial charge in [0.2, 0.25) is 0 Å². The van der Waals surface area contributed by atoms with Gasteiger partial charge < -0.3 is 15.6 Å². The first-order chi connectivity index (χ1) is 7.10. The van der Waals surface area contributed by atoms with Gasteiger partial charge in [-0.3, -0.25) is 0 Å². The van der Waals surface area contributed by atoms with E-state index in [9.17, 15) is 4.39 Å². The van der Waals surface area contributed by atoms with E-state index in [1.165, 1.54) is 6.07 Å². The number of rotatable bonds is 4. The average molecular weight is 213 g/mol. The van der Waals surface area contributed by atoms with E-state index in [1.54, 1.807) is 19.9 Å². The lowest BCUT2D eigenvalue weighted by molar-refractivity contribution is 0.259. The third-order valence-corrected chi connectivity index (χ3v) is 2.10. The van der Waals surface area contributed by atoms with Crippen LogP contribution in [0.1, 0.15) is 24.1 Å². The predicted octanol–water partition coefficient (Wildman–Crippen LogP) is 1.52. The second-order valence-electron chi connectivity index (χ2n) is 3.39. The molecule has 1 atom stereocenters. The Labute approximate surface area is 88.7 Å². The summed E-state index contributed by atoms with van der Waals surface area (Å²) in [6, 6.07) is 2.51. The average Bonchev–Trinajstić information content (AvgIpc) is 2.20. The maximum atomic E-state index is 13.5. The van der Waals surface area contributed by atoms with E-state index in [1.807, 2.05) is 0 Å². The summed E-state index contributed by atoms with van der Waals surface area (Å²) in [5.41, 5.74) is 6.94. The zero-order chi connectivity index (χ0) is 11.4. The molecule has 0 saturated carbocycles. The van der Waals surface area contributed by atoms with Crippen LogP contribution in [0.4, 0.5) is 4.39 Å². The van der Waals surface area contributed by atoms with Gasteiger partial charge >= 0.3 is 0 Å². The summed E-state index contributed by atoms with van der Waals surface area (Å²) in [5, 5.41) is 8.96. The molecule has 84 valence electrons. The minimum absolute atomic E-state index is 0.143. The molecular weight excluding hydrogens is 197 g/mol. The number of hydrogen-bond donors (Lipinski definition) is 2. The molecule has 3 nitrogen and oxygen atoms in total. The number of aliphatic hydroxyl groups excluding tert-OH is 1. The second-order valence-corrected chi connectivity index (χ2v) is 3.39. The Balaban J connectivity index is 3.20. The molecule has 0 aliphatic heterocycles. The summed E-state index contributed by atoms with van der Waals surface area (Å²) in [6.07, 6.45) is 0. The quantitative estimate of drug-likeness (QED) is 0.797. The predicted molar refractivity (Wildman–Crippen MR) is 56.3 cm³/mol. The highest BCUT2D eigenvalue weighted by atomic mass is 19.1. The van der Waals surface area contributed by atoms with Gasteiger partial charge in [0.1, 0.15) is 0 Å². The van der Waals surface area contributed by atoms with Crippen LogP contribution in [0, 0.1) is 12.7 Å². The smallest absolute Gasteiger partial charge is 0.165 e. The molecule has 0 aliphatic rings. The first kappa shape index (κ1) is 11.9. The lowest BCUT2D eigenvalue weighted by atomic mass is 10.0. The third-order valence-electron chi connectivity index (χ3n) is 2.10. The van der Waals surface area contributed by atoms with Crippen molar-refractivity contribution < 1.29 is 14.2 Å². The Hall–Kier alpha value is -1.13. The lowest BCUT2D eigenvalue weighted by Crippen LogP contribution is -2.16. The summed E-state index contributed by atoms with van der Waals surface area (Å²) in [6.45, 7) is 3.67. The van der Waals surface area contributed by atoms with E-state index in [0.29, 0.717) is 12.2 Å². The number of aryl methyl sites for hydroxylation is 1. The van der Waals surface area contributed by atoms with E-state index >= 15 is 0 Å². The van der Waals surface area contributed by atoms with Crippen molar-refractivity contribution in [3.8, 4) is 5.75 Å². The summed E-state index contributed by atoms with van der Waals surface area (Å²) >= 11 is 0. The molecule has 0 heterocycles. The number of aliphatic hydroxyl groups is 1. The Morgan fingerprint density at radius 1 is 1.53 bits per heavy atom. The molecule has 0 fully saturated rings. The van der Waals surface area contributed by atoms with Gasteiger partial charge in [-0.1, -0.05) is 6.07 Å². The van der Waals surface area contributed by atoms with Crippen molar-refractivity contribution in [2.24, 2.45) is 5.73 Å². The molecule has 1 aromatic carbocycles. The fraction of sp³-hybridized carbons (Fsp3) is 0.455. The standard InChI is InChI=1S/C11H16FNO2/c1-3-15-11-8(10(13)6-14)4-7(2)5-9(11)12/h4-5,10,14H,3,6,13H2,1-2H3. The summed E-state index contributed by atoms with van der Waals surface area (Å²) < 4.78 is 18.7. The number of halogens is 1. The molecule has 0 amide bonds. The summed E-state index contributed by atoms with van der Waals surface area (Å²) in [5.74, 6) is -0.291. The van der Waals surface area contributed by atoms with Crippen molar-refractivity contribution in [3.05, 3.63) is 29.1 Å². The minimum Gasteiger partial charge on any atom is -0.490 e. The third kappa shape index (κ3) is 2.67. The van der Waals surface area contributed by atoms with Crippen LogP contribution in [0.3, 0.4) is 0 Å². The van der Waals surface area contributed by atoms with Crippen LogP contribution in [-0.2, 0) is 0 Å². The molecule has 1 rings (SSSR count). The highest BCUT2D eigenvalue weighted by Crippen LogP contribution is 2.28. The van der Waals surface area contributed by atoms with E-state index in [2.05, 4.69) is 0 Å². The first-order valence-electron chi connectivity index (χ1n) is 4.89. The number of hydrogen-bond acceptors (Lipinski definition) is 3. The van der Waals surface area contributed by atoms with Crippen LogP contribution in [0.15, 0.2) is 12.1 Å². The van der Waals surface area contributed by atoms with Gasteiger partial charge in [0.05, 0.1) is 19.3 Å². The number of nitrogens with two attached hydrogens (primary N) is 1. The minimum atomic E-state index is -0.610. The van der Waals surface area contributed by atoms with Gasteiger partial charge in [-0.15, -0.1) is 0 Å². The molecule has 0 saturated heterocycles. The van der Waals surface area contributed by atoms with Crippen molar-refractivity contribution in [1.82, 2.24) is 0 Å². The molecule has 0 aliphatic carbocycles. The summed E-state index contributed by atoms with van der Waals surface area (Å²) in [4.78, 5) is 0. The van der Waals surface area contributed by atoms with E-state index in [4.69, 9.17) is 15.6 Å². The second kappa shape index (κ2) is 5.09. The largest absolute Gasteiger partial charge is 0.490 e. The monoisotopic (exact) mass is 213 g/mol. The molecule has 0 spiro atoms. The van der Waals surface area contributed by atoms with Gasteiger partial charge in [0.15, 0.2) is 11.6 Å². The van der Waals surface area contributed by atoms with Gasteiger partial charge in [-0.2, -0.15) is 0 Å². The Morgan fingerprint density at radius 2 is 2.20 bits per heavy atom. The van der Waals surface area contributed by atoms with Crippen molar-refractivity contribution >= 4 is 0 Å². The SMILES string of the molecule is CCOc1c(F)cc(C)cc1C(N)CO. The zero-order valence-electron chi connectivity index (χ0n) is 8.96. The fourth-order valence-electron chi connectivity index (χ4n) is 1.43. The maximum Gasteiger partial charge on any atom is 0.165 e. The van der Waals surface area contributed by atoms with Crippen LogP contribution in [-0.4, -0.2) is 18.3 Å². The highest BCUT2D eigenvalue weighted by Gasteiger charge is 2.16. The fourth-order valence-corrected chi connectivity index (χ4v) is 1.43. The van der Waals surface area contributed by atoms with Crippen molar-refractivity contribution in [2.75, 3.05) is 13.2 Å². The van der Waals surface area contributed by atoms with Crippen LogP contribution in [0.5, 0.6) is 5.75 Å². The topological polar surface area (TPSA) is 55.5 Å². The van der Waals surface area contributed by atoms with Gasteiger partial charge in [0, 0.05) is 5.56 Å². The Kier molecular flexibility index (Phi) is 4.05. The highest BCUT2D eigenvalue weighted by molar-refractivity contribution is 5.40. The van der Waals surface area contributed by atoms with E-state index < -0.39 is 11.9 Å². The molecule has 15 heavy (non-hydrogen) atoms. The Bertz CT molecular complexity index is 342. The van der Waals surface area contributed by atoms with Crippen LogP contribution < -0.4 is 10.5 Å². The maximum absolute atomic E-state index is 13.5. The molecule has 4 heteroatoms. The molecule has 1 unspecified atom stereocenters. The van der Waals surface area contributed by atoms with E-state index in [-0.39, 0.29) is 12.4 Å². The van der Waals surface area contributed by atoms with Crippen LogP contribution in [0.25, 0.3) is 0 Å². The van der Waals surface area contributed by atoms with Crippen LogP contribution >= 0.6 is 0 Å². The molecule has 3 N–H and O–H groups in total. The van der Waals surface area contributed by atoms with Gasteiger partial charge in [-0.05, 0) is 25.5 Å².